The molecule has 0 aromatic rings. The van der Waals surface area contributed by atoms with Crippen LogP contribution < -0.4 is 5.32 Å². The van der Waals surface area contributed by atoms with Crippen molar-refractivity contribution in [1.29, 1.82) is 0 Å². The van der Waals surface area contributed by atoms with E-state index in [-0.39, 0.29) is 12.1 Å². The van der Waals surface area contributed by atoms with Crippen LogP contribution in [-0.2, 0) is 4.74 Å². The monoisotopic (exact) mass is 187 g/mol. The number of alkyl carbamates (subject to hydrolysis) is 1. The maximum Gasteiger partial charge on any atom is 0.407 e. The first kappa shape index (κ1) is 10.3. The maximum atomic E-state index is 10.8. The predicted octanol–water partition coefficient (Wildman–Crippen LogP) is 1.04. The number of hydrogen-bond donors (Lipinski definition) is 2. The molecule has 1 amide bonds. The molecule has 0 unspecified atom stereocenters. The normalized spacial score (nSPS) is 33.9. The third-order valence-electron chi connectivity index (χ3n) is 2.57. The third-order valence-corrected chi connectivity index (χ3v) is 2.57. The Hall–Kier alpha value is -0.770. The Bertz CT molecular complexity index is 181. The van der Waals surface area contributed by atoms with Crippen molar-refractivity contribution in [2.24, 2.45) is 0 Å². The van der Waals surface area contributed by atoms with Crippen LogP contribution in [0.15, 0.2) is 0 Å². The smallest absolute Gasteiger partial charge is 0.407 e. The molecule has 0 bridgehead atoms. The second-order valence-electron chi connectivity index (χ2n) is 3.91. The van der Waals surface area contributed by atoms with Gasteiger partial charge in [0, 0.05) is 6.04 Å². The van der Waals surface area contributed by atoms with E-state index in [1.54, 1.807) is 0 Å². The topological polar surface area (TPSA) is 58.6 Å². The van der Waals surface area contributed by atoms with Gasteiger partial charge in [-0.2, -0.15) is 0 Å². The molecule has 0 aromatic heterocycles. The Morgan fingerprint density at radius 3 is 2.54 bits per heavy atom. The van der Waals surface area contributed by atoms with E-state index in [4.69, 9.17) is 0 Å². The van der Waals surface area contributed by atoms with Crippen LogP contribution in [0.25, 0.3) is 0 Å². The summed E-state index contributed by atoms with van der Waals surface area (Å²) in [6.07, 6.45) is 2.74. The van der Waals surface area contributed by atoms with Crippen LogP contribution in [0.1, 0.15) is 32.6 Å². The lowest BCUT2D eigenvalue weighted by atomic mass is 9.84. The molecule has 0 spiro atoms. The van der Waals surface area contributed by atoms with Gasteiger partial charge in [0.15, 0.2) is 0 Å². The Balaban J connectivity index is 2.29. The van der Waals surface area contributed by atoms with Gasteiger partial charge in [0.1, 0.15) is 0 Å². The minimum absolute atomic E-state index is 0.160. The van der Waals surface area contributed by atoms with Crippen LogP contribution in [0.2, 0.25) is 0 Å². The summed E-state index contributed by atoms with van der Waals surface area (Å²) in [5, 5.41) is 12.4. The fraction of sp³-hybridized carbons (Fsp3) is 0.889. The quantitative estimate of drug-likeness (QED) is 0.644. The van der Waals surface area contributed by atoms with Crippen LogP contribution in [0, 0.1) is 0 Å². The van der Waals surface area contributed by atoms with Gasteiger partial charge >= 0.3 is 6.09 Å². The Morgan fingerprint density at radius 2 is 2.08 bits per heavy atom. The van der Waals surface area contributed by atoms with Crippen molar-refractivity contribution < 1.29 is 14.6 Å². The fourth-order valence-corrected chi connectivity index (χ4v) is 1.61. The highest BCUT2D eigenvalue weighted by atomic mass is 16.5. The number of hydrogen-bond acceptors (Lipinski definition) is 3. The second-order valence-corrected chi connectivity index (χ2v) is 3.91. The molecule has 0 saturated heterocycles. The first-order chi connectivity index (χ1) is 6.03. The van der Waals surface area contributed by atoms with E-state index in [2.05, 4.69) is 10.1 Å². The van der Waals surface area contributed by atoms with Crippen LogP contribution in [0.3, 0.4) is 0 Å². The van der Waals surface area contributed by atoms with E-state index in [9.17, 15) is 9.90 Å². The van der Waals surface area contributed by atoms with Crippen molar-refractivity contribution in [1.82, 2.24) is 5.32 Å². The zero-order valence-electron chi connectivity index (χ0n) is 8.17. The first-order valence-electron chi connectivity index (χ1n) is 4.60. The summed E-state index contributed by atoms with van der Waals surface area (Å²) in [6.45, 7) is 1.83. The number of rotatable bonds is 1. The Kier molecular flexibility index (Phi) is 3.14. The van der Waals surface area contributed by atoms with Gasteiger partial charge in [0.2, 0.25) is 0 Å². The first-order valence-corrected chi connectivity index (χ1v) is 4.60. The van der Waals surface area contributed by atoms with Crippen molar-refractivity contribution in [3.05, 3.63) is 0 Å². The summed E-state index contributed by atoms with van der Waals surface area (Å²) >= 11 is 0. The van der Waals surface area contributed by atoms with Gasteiger partial charge in [-0.3, -0.25) is 0 Å². The number of nitrogens with one attached hydrogen (secondary N) is 1. The van der Waals surface area contributed by atoms with E-state index in [1.807, 2.05) is 6.92 Å². The molecule has 0 atom stereocenters. The SMILES string of the molecule is COC(=O)NC1CCC(C)(O)CC1. The van der Waals surface area contributed by atoms with Gasteiger partial charge in [-0.15, -0.1) is 0 Å². The average Bonchev–Trinajstić information content (AvgIpc) is 2.08. The molecule has 0 aliphatic heterocycles. The van der Waals surface area contributed by atoms with Crippen molar-refractivity contribution in [2.45, 2.75) is 44.2 Å². The number of methoxy groups -OCH3 is 1. The van der Waals surface area contributed by atoms with Gasteiger partial charge in [0.05, 0.1) is 12.7 Å². The molecule has 2 N–H and O–H groups in total. The van der Waals surface area contributed by atoms with Crippen LogP contribution in [0.4, 0.5) is 4.79 Å². The third kappa shape index (κ3) is 3.22. The summed E-state index contributed by atoms with van der Waals surface area (Å²) in [6, 6.07) is 0.160. The molecule has 4 heteroatoms. The average molecular weight is 187 g/mol. The lowest BCUT2D eigenvalue weighted by Crippen LogP contribution is -2.42. The lowest BCUT2D eigenvalue weighted by Gasteiger charge is -2.32. The zero-order valence-corrected chi connectivity index (χ0v) is 8.17. The van der Waals surface area contributed by atoms with E-state index in [0.29, 0.717) is 0 Å². The number of aliphatic hydroxyl groups is 1. The molecular formula is C9H17NO3. The molecule has 1 rings (SSSR count). The van der Waals surface area contributed by atoms with E-state index >= 15 is 0 Å². The molecule has 0 radical (unpaired) electrons. The minimum atomic E-state index is -0.547. The predicted molar refractivity (Wildman–Crippen MR) is 48.4 cm³/mol. The molecule has 1 aliphatic carbocycles. The highest BCUT2D eigenvalue weighted by Crippen LogP contribution is 2.27. The molecule has 1 aliphatic rings. The van der Waals surface area contributed by atoms with Crippen molar-refractivity contribution in [3.8, 4) is 0 Å². The Morgan fingerprint density at radius 1 is 1.54 bits per heavy atom. The standard InChI is InChI=1S/C9H17NO3/c1-9(12)5-3-7(4-6-9)10-8(11)13-2/h7,12H,3-6H2,1-2H3,(H,10,11). The van der Waals surface area contributed by atoms with E-state index < -0.39 is 5.60 Å². The van der Waals surface area contributed by atoms with Crippen LogP contribution >= 0.6 is 0 Å². The molecule has 0 heterocycles. The molecule has 1 fully saturated rings. The van der Waals surface area contributed by atoms with E-state index in [1.165, 1.54) is 7.11 Å². The lowest BCUT2D eigenvalue weighted by molar-refractivity contribution is 0.0141. The zero-order chi connectivity index (χ0) is 9.90. The second kappa shape index (κ2) is 3.96. The minimum Gasteiger partial charge on any atom is -0.453 e. The summed E-state index contributed by atoms with van der Waals surface area (Å²) in [4.78, 5) is 10.8. The summed E-state index contributed by atoms with van der Waals surface area (Å²) < 4.78 is 4.49. The molecule has 1 saturated carbocycles. The molecule has 13 heavy (non-hydrogen) atoms. The molecule has 0 aromatic carbocycles. The number of carbonyl (C=O) groups is 1. The Labute approximate surface area is 78.3 Å². The van der Waals surface area contributed by atoms with Crippen molar-refractivity contribution in [3.63, 3.8) is 0 Å². The van der Waals surface area contributed by atoms with E-state index in [0.717, 1.165) is 25.7 Å². The number of ether oxygens (including phenoxy) is 1. The summed E-state index contributed by atoms with van der Waals surface area (Å²) in [5.74, 6) is 0. The molecular weight excluding hydrogens is 170 g/mol. The number of amides is 1. The van der Waals surface area contributed by atoms with Gasteiger partial charge < -0.3 is 15.2 Å². The van der Waals surface area contributed by atoms with Gasteiger partial charge in [-0.05, 0) is 32.6 Å². The molecule has 4 nitrogen and oxygen atoms in total. The van der Waals surface area contributed by atoms with Crippen molar-refractivity contribution >= 4 is 6.09 Å². The maximum absolute atomic E-state index is 10.8. The van der Waals surface area contributed by atoms with Crippen LogP contribution in [0.5, 0.6) is 0 Å². The summed E-state index contributed by atoms with van der Waals surface area (Å²) in [7, 11) is 1.36. The molecule has 76 valence electrons. The van der Waals surface area contributed by atoms with Gasteiger partial charge in [-0.25, -0.2) is 4.79 Å². The van der Waals surface area contributed by atoms with Crippen LogP contribution in [-0.4, -0.2) is 30.0 Å². The fourth-order valence-electron chi connectivity index (χ4n) is 1.61. The highest BCUT2D eigenvalue weighted by Gasteiger charge is 2.29. The largest absolute Gasteiger partial charge is 0.453 e. The number of carbonyl (C=O) groups excluding carboxylic acids is 1. The van der Waals surface area contributed by atoms with Gasteiger partial charge in [0.25, 0.3) is 0 Å². The van der Waals surface area contributed by atoms with Crippen molar-refractivity contribution in [2.75, 3.05) is 7.11 Å². The summed E-state index contributed by atoms with van der Waals surface area (Å²) in [5.41, 5.74) is -0.547. The highest BCUT2D eigenvalue weighted by molar-refractivity contribution is 5.67. The van der Waals surface area contributed by atoms with Gasteiger partial charge in [-0.1, -0.05) is 0 Å².